The van der Waals surface area contributed by atoms with Crippen molar-refractivity contribution in [3.63, 3.8) is 0 Å². The van der Waals surface area contributed by atoms with Gasteiger partial charge in [-0.3, -0.25) is 0 Å². The Morgan fingerprint density at radius 1 is 1.19 bits per heavy atom. The SMILES string of the molecule is CC(C)N(C(C)C)S(=O)(=O)C[C@]12CC[C@H](C[C@]13OC(=O)[C@H](C)O3)C2(C)C. The molecule has 0 radical (unpaired) electrons. The molecule has 1 aliphatic heterocycles. The van der Waals surface area contributed by atoms with E-state index in [2.05, 4.69) is 13.8 Å². The van der Waals surface area contributed by atoms with Gasteiger partial charge >= 0.3 is 5.97 Å². The molecular formula is C19H33NO5S. The van der Waals surface area contributed by atoms with E-state index in [9.17, 15) is 13.2 Å². The Morgan fingerprint density at radius 2 is 1.77 bits per heavy atom. The maximum Gasteiger partial charge on any atom is 0.337 e. The molecule has 7 heteroatoms. The topological polar surface area (TPSA) is 72.9 Å². The lowest BCUT2D eigenvalue weighted by molar-refractivity contribution is -0.240. The Hall–Kier alpha value is -0.660. The molecule has 0 aromatic heterocycles. The summed E-state index contributed by atoms with van der Waals surface area (Å²) >= 11 is 0. The molecule has 2 saturated carbocycles. The lowest BCUT2D eigenvalue weighted by Crippen LogP contribution is -2.57. The third-order valence-corrected chi connectivity index (χ3v) is 9.49. The number of carbonyl (C=O) groups is 1. The Bertz CT molecular complexity index is 693. The standard InChI is InChI=1S/C19H33NO5S/c1-12(2)20(13(3)4)26(22,23)11-18-9-8-15(17(18,6)7)10-19(18)24-14(5)16(21)25-19/h12-15H,8-11H2,1-7H3/t14-,15+,18-,19-/m0/s1. The number of carbonyl (C=O) groups excluding carboxylic acids is 1. The van der Waals surface area contributed by atoms with Gasteiger partial charge in [0.2, 0.25) is 15.8 Å². The van der Waals surface area contributed by atoms with Crippen LogP contribution in [0, 0.1) is 16.7 Å². The van der Waals surface area contributed by atoms with Crippen molar-refractivity contribution in [3.05, 3.63) is 0 Å². The second kappa shape index (κ2) is 5.92. The van der Waals surface area contributed by atoms with E-state index in [4.69, 9.17) is 9.47 Å². The Morgan fingerprint density at radius 3 is 2.19 bits per heavy atom. The molecule has 0 amide bonds. The molecule has 3 fully saturated rings. The van der Waals surface area contributed by atoms with Crippen LogP contribution in [0.4, 0.5) is 0 Å². The molecule has 2 bridgehead atoms. The summed E-state index contributed by atoms with van der Waals surface area (Å²) in [6, 6.07) is -0.250. The second-order valence-electron chi connectivity index (χ2n) is 9.45. The zero-order valence-electron chi connectivity index (χ0n) is 17.0. The van der Waals surface area contributed by atoms with Crippen LogP contribution in [0.15, 0.2) is 0 Å². The molecule has 0 N–H and O–H groups in total. The summed E-state index contributed by atoms with van der Waals surface area (Å²) in [7, 11) is -3.56. The highest BCUT2D eigenvalue weighted by Gasteiger charge is 2.77. The first-order chi connectivity index (χ1) is 11.8. The van der Waals surface area contributed by atoms with Crippen LogP contribution >= 0.6 is 0 Å². The van der Waals surface area contributed by atoms with Crippen LogP contribution in [0.3, 0.4) is 0 Å². The largest absolute Gasteiger partial charge is 0.430 e. The van der Waals surface area contributed by atoms with Crippen LogP contribution in [0.1, 0.15) is 67.7 Å². The number of sulfonamides is 1. The van der Waals surface area contributed by atoms with Crippen molar-refractivity contribution >= 4 is 16.0 Å². The minimum absolute atomic E-state index is 0.0418. The number of fused-ring (bicyclic) bond motifs is 3. The number of nitrogens with zero attached hydrogens (tertiary/aromatic N) is 1. The molecule has 0 unspecified atom stereocenters. The van der Waals surface area contributed by atoms with E-state index >= 15 is 0 Å². The molecule has 1 heterocycles. The van der Waals surface area contributed by atoms with E-state index < -0.39 is 27.3 Å². The quantitative estimate of drug-likeness (QED) is 0.678. The molecule has 2 aliphatic carbocycles. The molecule has 1 spiro atoms. The van der Waals surface area contributed by atoms with Crippen molar-refractivity contribution in [1.82, 2.24) is 4.31 Å². The van der Waals surface area contributed by atoms with Gasteiger partial charge in [-0.1, -0.05) is 13.8 Å². The zero-order chi connectivity index (χ0) is 19.7. The van der Waals surface area contributed by atoms with Gasteiger partial charge in [0.25, 0.3) is 0 Å². The summed E-state index contributed by atoms with van der Waals surface area (Å²) in [4.78, 5) is 12.2. The predicted molar refractivity (Wildman–Crippen MR) is 98.8 cm³/mol. The first-order valence-electron chi connectivity index (χ1n) is 9.71. The summed E-state index contributed by atoms with van der Waals surface area (Å²) in [6.45, 7) is 13.5. The molecule has 1 saturated heterocycles. The molecule has 150 valence electrons. The maximum atomic E-state index is 13.5. The average molecular weight is 388 g/mol. The van der Waals surface area contributed by atoms with E-state index in [0.29, 0.717) is 18.8 Å². The smallest absolute Gasteiger partial charge is 0.337 e. The fourth-order valence-electron chi connectivity index (χ4n) is 5.95. The fourth-order valence-corrected chi connectivity index (χ4v) is 8.74. The predicted octanol–water partition coefficient (Wildman–Crippen LogP) is 2.92. The Kier molecular flexibility index (Phi) is 4.57. The second-order valence-corrected chi connectivity index (χ2v) is 11.3. The summed E-state index contributed by atoms with van der Waals surface area (Å²) in [5, 5.41) is 0. The lowest BCUT2D eigenvalue weighted by atomic mass is 9.68. The van der Waals surface area contributed by atoms with Gasteiger partial charge in [0.1, 0.15) is 0 Å². The first kappa shape index (κ1) is 20.1. The van der Waals surface area contributed by atoms with Crippen LogP contribution in [0.5, 0.6) is 0 Å². The van der Waals surface area contributed by atoms with Crippen molar-refractivity contribution in [2.45, 2.75) is 91.7 Å². The molecule has 4 atom stereocenters. The van der Waals surface area contributed by atoms with Crippen LogP contribution < -0.4 is 0 Å². The first-order valence-corrected chi connectivity index (χ1v) is 11.3. The molecule has 3 rings (SSSR count). The van der Waals surface area contributed by atoms with Crippen LogP contribution in [-0.4, -0.2) is 48.4 Å². The van der Waals surface area contributed by atoms with Gasteiger partial charge in [-0.05, 0) is 58.8 Å². The van der Waals surface area contributed by atoms with Gasteiger partial charge in [-0.25, -0.2) is 13.2 Å². The third-order valence-electron chi connectivity index (χ3n) is 7.15. The third kappa shape index (κ3) is 2.49. The van der Waals surface area contributed by atoms with E-state index in [1.165, 1.54) is 0 Å². The van der Waals surface area contributed by atoms with E-state index in [-0.39, 0.29) is 29.2 Å². The number of hydrogen-bond acceptors (Lipinski definition) is 5. The van der Waals surface area contributed by atoms with Crippen molar-refractivity contribution < 1.29 is 22.7 Å². The maximum absolute atomic E-state index is 13.5. The van der Waals surface area contributed by atoms with Crippen molar-refractivity contribution in [3.8, 4) is 0 Å². The van der Waals surface area contributed by atoms with E-state index in [1.54, 1.807) is 11.2 Å². The van der Waals surface area contributed by atoms with Crippen LogP contribution in [-0.2, 0) is 24.3 Å². The van der Waals surface area contributed by atoms with Gasteiger partial charge in [-0.2, -0.15) is 4.31 Å². The average Bonchev–Trinajstić information content (AvgIpc) is 2.92. The van der Waals surface area contributed by atoms with E-state index in [1.807, 2.05) is 27.7 Å². The van der Waals surface area contributed by atoms with Gasteiger partial charge in [0.15, 0.2) is 6.10 Å². The molecule has 3 aliphatic rings. The van der Waals surface area contributed by atoms with Crippen molar-refractivity contribution in [1.29, 1.82) is 0 Å². The van der Waals surface area contributed by atoms with Gasteiger partial charge in [-0.15, -0.1) is 0 Å². The molecule has 0 aromatic rings. The highest BCUT2D eigenvalue weighted by Crippen LogP contribution is 2.72. The summed E-state index contributed by atoms with van der Waals surface area (Å²) in [5.74, 6) is -1.24. The van der Waals surface area contributed by atoms with Crippen molar-refractivity contribution in [2.24, 2.45) is 16.7 Å². The zero-order valence-corrected chi connectivity index (χ0v) is 17.9. The monoisotopic (exact) mass is 387 g/mol. The van der Waals surface area contributed by atoms with E-state index in [0.717, 1.165) is 6.42 Å². The number of rotatable bonds is 5. The van der Waals surface area contributed by atoms with Crippen molar-refractivity contribution in [2.75, 3.05) is 5.75 Å². The van der Waals surface area contributed by atoms with Crippen LogP contribution in [0.2, 0.25) is 0 Å². The summed E-state index contributed by atoms with van der Waals surface area (Å²) in [6.07, 6.45) is 1.60. The summed E-state index contributed by atoms with van der Waals surface area (Å²) < 4.78 is 40.4. The van der Waals surface area contributed by atoms with Gasteiger partial charge in [0, 0.05) is 18.5 Å². The lowest BCUT2D eigenvalue weighted by Gasteiger charge is -2.47. The Balaban J connectivity index is 2.06. The van der Waals surface area contributed by atoms with Gasteiger partial charge in [0.05, 0.1) is 11.2 Å². The Labute approximate surface area is 157 Å². The highest BCUT2D eigenvalue weighted by atomic mass is 32.2. The fraction of sp³-hybridized carbons (Fsp3) is 0.947. The minimum Gasteiger partial charge on any atom is -0.430 e. The minimum atomic E-state index is -3.56. The van der Waals surface area contributed by atoms with Gasteiger partial charge < -0.3 is 9.47 Å². The molecule has 6 nitrogen and oxygen atoms in total. The number of esters is 1. The number of ether oxygens (including phenoxy) is 2. The normalized spacial score (nSPS) is 38.9. The molecule has 0 aromatic carbocycles. The summed E-state index contributed by atoms with van der Waals surface area (Å²) in [5.41, 5.74) is -0.990. The molecular weight excluding hydrogens is 354 g/mol. The van der Waals surface area contributed by atoms with Crippen LogP contribution in [0.25, 0.3) is 0 Å². The number of hydrogen-bond donors (Lipinski definition) is 0. The highest BCUT2D eigenvalue weighted by molar-refractivity contribution is 7.89. The molecule has 26 heavy (non-hydrogen) atoms.